The second kappa shape index (κ2) is 7.26. The minimum absolute atomic E-state index is 0.0306. The molecule has 0 fully saturated rings. The Labute approximate surface area is 147 Å². The first-order valence-electron chi connectivity index (χ1n) is 7.84. The van der Waals surface area contributed by atoms with Gasteiger partial charge in [0.15, 0.2) is 11.6 Å². The predicted octanol–water partition coefficient (Wildman–Crippen LogP) is 2.34. The van der Waals surface area contributed by atoms with E-state index < -0.39 is 35.1 Å². The largest absolute Gasteiger partial charge is 0.368 e. The number of nitrogens with two attached hydrogens (primary N) is 1. The third-order valence-electron chi connectivity index (χ3n) is 3.91. The van der Waals surface area contributed by atoms with E-state index in [1.54, 1.807) is 6.07 Å². The van der Waals surface area contributed by atoms with Gasteiger partial charge in [0.2, 0.25) is 5.91 Å². The number of aromatic nitrogens is 1. The Morgan fingerprint density at radius 3 is 2.58 bits per heavy atom. The molecule has 0 aliphatic heterocycles. The fourth-order valence-corrected chi connectivity index (χ4v) is 2.57. The topological polar surface area (TPSA) is 85.1 Å². The van der Waals surface area contributed by atoms with Crippen molar-refractivity contribution in [3.8, 4) is 0 Å². The normalized spacial score (nSPS) is 11.9. The number of carbonyl (C=O) groups is 2. The van der Waals surface area contributed by atoms with E-state index in [0.29, 0.717) is 5.69 Å². The molecule has 3 N–H and O–H groups in total. The van der Waals surface area contributed by atoms with Crippen molar-refractivity contribution in [2.24, 2.45) is 5.73 Å². The van der Waals surface area contributed by atoms with Crippen LogP contribution in [0.2, 0.25) is 0 Å². The number of carbonyl (C=O) groups excluding carboxylic acids is 2. The standard InChI is InChI=1S/C19H15F2N3O2/c20-14-6-3-5-13(17(14)21)19(26)24-16(18(22)25)10-12-9-8-11-4-1-2-7-15(11)23-12/h1-9,16H,10H2,(H2,22,25)(H,24,26)/t16-/m0/s1. The molecule has 1 atom stereocenters. The number of para-hydroxylation sites is 1. The van der Waals surface area contributed by atoms with E-state index >= 15 is 0 Å². The first-order valence-corrected chi connectivity index (χ1v) is 7.84. The fourth-order valence-electron chi connectivity index (χ4n) is 2.57. The molecule has 0 spiro atoms. The van der Waals surface area contributed by atoms with E-state index in [2.05, 4.69) is 10.3 Å². The van der Waals surface area contributed by atoms with Crippen LogP contribution in [0.3, 0.4) is 0 Å². The molecule has 1 heterocycles. The zero-order valence-electron chi connectivity index (χ0n) is 13.6. The Bertz CT molecular complexity index is 991. The molecule has 0 aliphatic rings. The number of hydrogen-bond acceptors (Lipinski definition) is 3. The van der Waals surface area contributed by atoms with Gasteiger partial charge in [0.05, 0.1) is 11.1 Å². The highest BCUT2D eigenvalue weighted by molar-refractivity contribution is 5.97. The smallest absolute Gasteiger partial charge is 0.255 e. The van der Waals surface area contributed by atoms with Crippen LogP contribution in [0.5, 0.6) is 0 Å². The number of primary amides is 1. The van der Waals surface area contributed by atoms with Crippen molar-refractivity contribution < 1.29 is 18.4 Å². The molecule has 5 nitrogen and oxygen atoms in total. The van der Waals surface area contributed by atoms with E-state index in [-0.39, 0.29) is 6.42 Å². The summed E-state index contributed by atoms with van der Waals surface area (Å²) in [6, 6.07) is 13.1. The third-order valence-corrected chi connectivity index (χ3v) is 3.91. The summed E-state index contributed by atoms with van der Waals surface area (Å²) in [5, 5.41) is 3.27. The quantitative estimate of drug-likeness (QED) is 0.737. The Kier molecular flexibility index (Phi) is 4.88. The van der Waals surface area contributed by atoms with Gasteiger partial charge in [-0.25, -0.2) is 8.78 Å². The number of fused-ring (bicyclic) bond motifs is 1. The van der Waals surface area contributed by atoms with Gasteiger partial charge in [0.25, 0.3) is 5.91 Å². The molecule has 0 unspecified atom stereocenters. The summed E-state index contributed by atoms with van der Waals surface area (Å²) in [6.45, 7) is 0. The van der Waals surface area contributed by atoms with Crippen molar-refractivity contribution in [2.45, 2.75) is 12.5 Å². The first kappa shape index (κ1) is 17.5. The highest BCUT2D eigenvalue weighted by Crippen LogP contribution is 2.14. The molecule has 2 aromatic carbocycles. The van der Waals surface area contributed by atoms with Gasteiger partial charge in [-0.3, -0.25) is 14.6 Å². The lowest BCUT2D eigenvalue weighted by molar-refractivity contribution is -0.119. The van der Waals surface area contributed by atoms with Crippen molar-refractivity contribution in [2.75, 3.05) is 0 Å². The second-order valence-corrected chi connectivity index (χ2v) is 5.73. The second-order valence-electron chi connectivity index (χ2n) is 5.73. The van der Waals surface area contributed by atoms with Gasteiger partial charge < -0.3 is 11.1 Å². The van der Waals surface area contributed by atoms with E-state index in [4.69, 9.17) is 5.73 Å². The van der Waals surface area contributed by atoms with Crippen LogP contribution in [0.15, 0.2) is 54.6 Å². The Balaban J connectivity index is 1.81. The lowest BCUT2D eigenvalue weighted by Crippen LogP contribution is -2.46. The summed E-state index contributed by atoms with van der Waals surface area (Å²) < 4.78 is 27.0. The number of halogens is 2. The van der Waals surface area contributed by atoms with Crippen LogP contribution in [0.1, 0.15) is 16.1 Å². The molecule has 1 aromatic heterocycles. The molecule has 0 bridgehead atoms. The lowest BCUT2D eigenvalue weighted by Gasteiger charge is -2.16. The summed E-state index contributed by atoms with van der Waals surface area (Å²) in [5.74, 6) is -4.15. The molecule has 3 aromatic rings. The molecule has 0 aliphatic carbocycles. The number of rotatable bonds is 5. The van der Waals surface area contributed by atoms with Gasteiger partial charge in [-0.2, -0.15) is 0 Å². The zero-order chi connectivity index (χ0) is 18.7. The molecule has 3 rings (SSSR count). The fraction of sp³-hybridized carbons (Fsp3) is 0.105. The Morgan fingerprint density at radius 1 is 1.04 bits per heavy atom. The van der Waals surface area contributed by atoms with Crippen molar-refractivity contribution in [1.29, 1.82) is 0 Å². The number of hydrogen-bond donors (Lipinski definition) is 2. The van der Waals surface area contributed by atoms with Crippen molar-refractivity contribution >= 4 is 22.7 Å². The van der Waals surface area contributed by atoms with E-state index in [1.165, 1.54) is 6.07 Å². The van der Waals surface area contributed by atoms with E-state index in [0.717, 1.165) is 23.0 Å². The maximum absolute atomic E-state index is 13.7. The highest BCUT2D eigenvalue weighted by atomic mass is 19.2. The minimum Gasteiger partial charge on any atom is -0.368 e. The molecule has 0 saturated carbocycles. The van der Waals surface area contributed by atoms with Crippen molar-refractivity contribution in [3.05, 3.63) is 77.5 Å². The highest BCUT2D eigenvalue weighted by Gasteiger charge is 2.23. The van der Waals surface area contributed by atoms with Gasteiger partial charge >= 0.3 is 0 Å². The van der Waals surface area contributed by atoms with Crippen LogP contribution in [-0.2, 0) is 11.2 Å². The molecular formula is C19H15F2N3O2. The Morgan fingerprint density at radius 2 is 1.81 bits per heavy atom. The number of amides is 2. The minimum atomic E-state index is -1.28. The van der Waals surface area contributed by atoms with Gasteiger partial charge in [-0.15, -0.1) is 0 Å². The molecule has 132 valence electrons. The lowest BCUT2D eigenvalue weighted by atomic mass is 10.1. The Hall–Kier alpha value is -3.35. The number of nitrogens with zero attached hydrogens (tertiary/aromatic N) is 1. The van der Waals surface area contributed by atoms with Gasteiger partial charge in [0, 0.05) is 17.5 Å². The monoisotopic (exact) mass is 355 g/mol. The molecule has 26 heavy (non-hydrogen) atoms. The van der Waals surface area contributed by atoms with Crippen LogP contribution in [0, 0.1) is 11.6 Å². The molecule has 0 radical (unpaired) electrons. The summed E-state index contributed by atoms with van der Waals surface area (Å²) in [4.78, 5) is 28.3. The van der Waals surface area contributed by atoms with Crippen LogP contribution in [-0.4, -0.2) is 22.8 Å². The maximum Gasteiger partial charge on any atom is 0.255 e. The van der Waals surface area contributed by atoms with Gasteiger partial charge in [-0.05, 0) is 24.3 Å². The van der Waals surface area contributed by atoms with Crippen LogP contribution < -0.4 is 11.1 Å². The third kappa shape index (κ3) is 3.66. The van der Waals surface area contributed by atoms with E-state index in [1.807, 2.05) is 30.3 Å². The molecular weight excluding hydrogens is 340 g/mol. The predicted molar refractivity (Wildman–Crippen MR) is 92.3 cm³/mol. The van der Waals surface area contributed by atoms with E-state index in [9.17, 15) is 18.4 Å². The van der Waals surface area contributed by atoms with Crippen LogP contribution >= 0.6 is 0 Å². The van der Waals surface area contributed by atoms with Gasteiger partial charge in [-0.1, -0.05) is 30.3 Å². The summed E-state index contributed by atoms with van der Waals surface area (Å²) in [6.07, 6.45) is 0.0306. The number of pyridine rings is 1. The average molecular weight is 355 g/mol. The summed E-state index contributed by atoms with van der Waals surface area (Å²) >= 11 is 0. The SMILES string of the molecule is NC(=O)[C@H](Cc1ccc2ccccc2n1)NC(=O)c1cccc(F)c1F. The summed E-state index contributed by atoms with van der Waals surface area (Å²) in [5.41, 5.74) is 6.11. The molecule has 7 heteroatoms. The van der Waals surface area contributed by atoms with Gasteiger partial charge in [0.1, 0.15) is 6.04 Å². The number of benzene rings is 2. The summed E-state index contributed by atoms with van der Waals surface area (Å²) in [7, 11) is 0. The maximum atomic E-state index is 13.7. The van der Waals surface area contributed by atoms with Crippen LogP contribution in [0.4, 0.5) is 8.78 Å². The zero-order valence-corrected chi connectivity index (χ0v) is 13.6. The van der Waals surface area contributed by atoms with Crippen LogP contribution in [0.25, 0.3) is 10.9 Å². The first-order chi connectivity index (χ1) is 12.5. The number of nitrogens with one attached hydrogen (secondary N) is 1. The van der Waals surface area contributed by atoms with Crippen molar-refractivity contribution in [1.82, 2.24) is 10.3 Å². The van der Waals surface area contributed by atoms with Crippen molar-refractivity contribution in [3.63, 3.8) is 0 Å². The average Bonchev–Trinajstić information content (AvgIpc) is 2.63. The molecule has 2 amide bonds. The molecule has 0 saturated heterocycles.